The summed E-state index contributed by atoms with van der Waals surface area (Å²) >= 11 is 0. The van der Waals surface area contributed by atoms with E-state index in [4.69, 9.17) is 14.6 Å². The van der Waals surface area contributed by atoms with Crippen LogP contribution in [0, 0.1) is 6.92 Å². The molecule has 20 heavy (non-hydrogen) atoms. The van der Waals surface area contributed by atoms with Crippen molar-refractivity contribution in [3.63, 3.8) is 0 Å². The van der Waals surface area contributed by atoms with Crippen LogP contribution >= 0.6 is 0 Å². The molecule has 1 aromatic rings. The number of methoxy groups -OCH3 is 1. The molecule has 0 bridgehead atoms. The van der Waals surface area contributed by atoms with Crippen molar-refractivity contribution in [2.45, 2.75) is 18.2 Å². The first-order valence-corrected chi connectivity index (χ1v) is 7.67. The second-order valence-corrected chi connectivity index (χ2v) is 5.86. The van der Waals surface area contributed by atoms with Crippen LogP contribution in [0.5, 0.6) is 0 Å². The molecule has 5 nitrogen and oxygen atoms in total. The van der Waals surface area contributed by atoms with Gasteiger partial charge in [-0.25, -0.2) is 4.79 Å². The maximum atomic E-state index is 12.1. The third-order valence-electron chi connectivity index (χ3n) is 2.75. The molecule has 0 amide bonds. The minimum atomic E-state index is -1.20. The van der Waals surface area contributed by atoms with Gasteiger partial charge in [0.25, 0.3) is 0 Å². The molecule has 0 aromatic heterocycles. The van der Waals surface area contributed by atoms with E-state index >= 15 is 0 Å². The Morgan fingerprint density at radius 3 is 2.70 bits per heavy atom. The molecule has 0 saturated heterocycles. The fourth-order valence-corrected chi connectivity index (χ4v) is 2.71. The second-order valence-electron chi connectivity index (χ2n) is 4.29. The van der Waals surface area contributed by atoms with Gasteiger partial charge in [0.05, 0.1) is 29.6 Å². The van der Waals surface area contributed by atoms with Gasteiger partial charge < -0.3 is 14.6 Å². The van der Waals surface area contributed by atoms with Gasteiger partial charge >= 0.3 is 5.97 Å². The molecule has 0 fully saturated rings. The quantitative estimate of drug-likeness (QED) is 0.705. The first-order valence-electron chi connectivity index (χ1n) is 6.35. The SMILES string of the molecule is COCCOCCCS(=O)c1ccc(C)c(C(=O)O)c1. The predicted octanol–water partition coefficient (Wildman–Crippen LogP) is 1.85. The molecule has 0 aliphatic carbocycles. The van der Waals surface area contributed by atoms with Gasteiger partial charge in [0.15, 0.2) is 0 Å². The van der Waals surface area contributed by atoms with Crippen molar-refractivity contribution >= 4 is 16.8 Å². The van der Waals surface area contributed by atoms with Gasteiger partial charge in [0.2, 0.25) is 0 Å². The fraction of sp³-hybridized carbons (Fsp3) is 0.500. The lowest BCUT2D eigenvalue weighted by Gasteiger charge is -2.06. The molecular weight excluding hydrogens is 280 g/mol. The van der Waals surface area contributed by atoms with Crippen LogP contribution in [0.25, 0.3) is 0 Å². The predicted molar refractivity (Wildman–Crippen MR) is 76.7 cm³/mol. The maximum absolute atomic E-state index is 12.1. The van der Waals surface area contributed by atoms with Crippen LogP contribution in [0.4, 0.5) is 0 Å². The van der Waals surface area contributed by atoms with Gasteiger partial charge in [-0.15, -0.1) is 0 Å². The summed E-state index contributed by atoms with van der Waals surface area (Å²) in [5.41, 5.74) is 0.869. The van der Waals surface area contributed by atoms with E-state index in [1.54, 1.807) is 26.2 Å². The number of benzene rings is 1. The van der Waals surface area contributed by atoms with Crippen LogP contribution in [0.15, 0.2) is 23.1 Å². The van der Waals surface area contributed by atoms with Crippen molar-refractivity contribution in [3.8, 4) is 0 Å². The van der Waals surface area contributed by atoms with Crippen molar-refractivity contribution < 1.29 is 23.6 Å². The van der Waals surface area contributed by atoms with Crippen LogP contribution in [-0.2, 0) is 20.3 Å². The highest BCUT2D eigenvalue weighted by Gasteiger charge is 2.11. The molecule has 0 saturated carbocycles. The number of aromatic carboxylic acids is 1. The van der Waals surface area contributed by atoms with Crippen LogP contribution in [0.2, 0.25) is 0 Å². The van der Waals surface area contributed by atoms with Crippen molar-refractivity contribution in [3.05, 3.63) is 29.3 Å². The largest absolute Gasteiger partial charge is 0.478 e. The Hall–Kier alpha value is -1.24. The Labute approximate surface area is 121 Å². The standard InChI is InChI=1S/C14H20O5S/c1-11-4-5-12(10-13(11)14(15)16)20(17)9-3-6-19-8-7-18-2/h4-5,10H,3,6-9H2,1-2H3,(H,15,16). The molecule has 0 spiro atoms. The Kier molecular flexibility index (Phi) is 7.43. The Morgan fingerprint density at radius 2 is 2.05 bits per heavy atom. The monoisotopic (exact) mass is 300 g/mol. The minimum absolute atomic E-state index is 0.201. The Morgan fingerprint density at radius 1 is 1.30 bits per heavy atom. The van der Waals surface area contributed by atoms with Gasteiger partial charge in [-0.2, -0.15) is 0 Å². The van der Waals surface area contributed by atoms with E-state index in [1.807, 2.05) is 0 Å². The zero-order valence-corrected chi connectivity index (χ0v) is 12.6. The molecule has 1 aromatic carbocycles. The number of ether oxygens (including phenoxy) is 2. The van der Waals surface area contributed by atoms with Crippen LogP contribution in [0.3, 0.4) is 0 Å². The highest BCUT2D eigenvalue weighted by atomic mass is 32.2. The summed E-state index contributed by atoms with van der Waals surface area (Å²) in [5.74, 6) is -0.543. The van der Waals surface area contributed by atoms with Crippen LogP contribution in [-0.4, -0.2) is 48.0 Å². The first kappa shape index (κ1) is 16.8. The molecule has 0 radical (unpaired) electrons. The fourth-order valence-electron chi connectivity index (χ4n) is 1.63. The van der Waals surface area contributed by atoms with Gasteiger partial charge in [-0.1, -0.05) is 6.07 Å². The number of hydrogen-bond acceptors (Lipinski definition) is 4. The van der Waals surface area contributed by atoms with Crippen molar-refractivity contribution in [2.24, 2.45) is 0 Å². The van der Waals surface area contributed by atoms with E-state index in [9.17, 15) is 9.00 Å². The number of hydrogen-bond donors (Lipinski definition) is 1. The third-order valence-corrected chi connectivity index (χ3v) is 4.19. The molecule has 1 unspecified atom stereocenters. The van der Waals surface area contributed by atoms with E-state index in [0.29, 0.717) is 42.5 Å². The van der Waals surface area contributed by atoms with Gasteiger partial charge in [-0.05, 0) is 31.0 Å². The number of carboxylic acid groups (broad SMARTS) is 1. The van der Waals surface area contributed by atoms with Crippen LogP contribution < -0.4 is 0 Å². The highest BCUT2D eigenvalue weighted by molar-refractivity contribution is 7.85. The molecule has 1 rings (SSSR count). The summed E-state index contributed by atoms with van der Waals surface area (Å²) in [6, 6.07) is 4.88. The lowest BCUT2D eigenvalue weighted by molar-refractivity contribution is 0.0695. The topological polar surface area (TPSA) is 72.8 Å². The van der Waals surface area contributed by atoms with Gasteiger partial charge in [0, 0.05) is 24.4 Å². The Balaban J connectivity index is 2.47. The summed E-state index contributed by atoms with van der Waals surface area (Å²) in [4.78, 5) is 11.6. The highest BCUT2D eigenvalue weighted by Crippen LogP contribution is 2.15. The summed E-state index contributed by atoms with van der Waals surface area (Å²) in [5, 5.41) is 9.04. The van der Waals surface area contributed by atoms with Crippen molar-refractivity contribution in [1.82, 2.24) is 0 Å². The minimum Gasteiger partial charge on any atom is -0.478 e. The number of carbonyl (C=O) groups is 1. The average Bonchev–Trinajstić information content (AvgIpc) is 2.42. The molecule has 0 aliphatic rings. The molecule has 1 atom stereocenters. The van der Waals surface area contributed by atoms with E-state index < -0.39 is 16.8 Å². The van der Waals surface area contributed by atoms with E-state index in [0.717, 1.165) is 0 Å². The maximum Gasteiger partial charge on any atom is 0.335 e. The smallest absolute Gasteiger partial charge is 0.335 e. The van der Waals surface area contributed by atoms with E-state index in [2.05, 4.69) is 0 Å². The van der Waals surface area contributed by atoms with Crippen molar-refractivity contribution in [2.75, 3.05) is 32.7 Å². The molecule has 0 aliphatic heterocycles. The molecule has 0 heterocycles. The summed E-state index contributed by atoms with van der Waals surface area (Å²) < 4.78 is 22.2. The molecule has 6 heteroatoms. The third kappa shape index (κ3) is 5.40. The molecule has 112 valence electrons. The molecular formula is C14H20O5S. The normalized spacial score (nSPS) is 12.3. The number of aryl methyl sites for hydroxylation is 1. The molecule has 1 N–H and O–H groups in total. The summed E-state index contributed by atoms with van der Waals surface area (Å²) in [6.45, 7) is 3.31. The van der Waals surface area contributed by atoms with Gasteiger partial charge in [0.1, 0.15) is 0 Å². The summed E-state index contributed by atoms with van der Waals surface area (Å²) in [6.07, 6.45) is 0.659. The Bertz CT molecular complexity index is 473. The number of rotatable bonds is 9. The summed E-state index contributed by atoms with van der Waals surface area (Å²) in [7, 11) is 0.407. The lowest BCUT2D eigenvalue weighted by atomic mass is 10.1. The van der Waals surface area contributed by atoms with E-state index in [1.165, 1.54) is 6.07 Å². The van der Waals surface area contributed by atoms with Crippen molar-refractivity contribution in [1.29, 1.82) is 0 Å². The van der Waals surface area contributed by atoms with E-state index in [-0.39, 0.29) is 5.56 Å². The number of carboxylic acids is 1. The van der Waals surface area contributed by atoms with Crippen LogP contribution in [0.1, 0.15) is 22.3 Å². The average molecular weight is 300 g/mol. The van der Waals surface area contributed by atoms with Gasteiger partial charge in [-0.3, -0.25) is 4.21 Å². The first-order chi connectivity index (χ1) is 9.56. The zero-order chi connectivity index (χ0) is 15.0. The zero-order valence-electron chi connectivity index (χ0n) is 11.8. The second kappa shape index (κ2) is 8.84. The lowest BCUT2D eigenvalue weighted by Crippen LogP contribution is -2.07.